The quantitative estimate of drug-likeness (QED) is 0.780. The molecule has 0 atom stereocenters. The molecule has 148 valence electrons. The largest absolute Gasteiger partial charge is 0.493 e. The van der Waals surface area contributed by atoms with Gasteiger partial charge in [0.05, 0.1) is 20.6 Å². The summed E-state index contributed by atoms with van der Waals surface area (Å²) >= 11 is 0. The first-order chi connectivity index (χ1) is 13.5. The molecule has 28 heavy (non-hydrogen) atoms. The highest BCUT2D eigenvalue weighted by Gasteiger charge is 2.21. The van der Waals surface area contributed by atoms with Crippen LogP contribution in [0.15, 0.2) is 30.7 Å². The smallest absolute Gasteiger partial charge is 0.240 e. The van der Waals surface area contributed by atoms with Crippen LogP contribution >= 0.6 is 0 Å². The molecule has 1 aliphatic heterocycles. The molecule has 8 nitrogen and oxygen atoms in total. The van der Waals surface area contributed by atoms with Crippen LogP contribution in [0.2, 0.25) is 0 Å². The molecular weight excluding hydrogens is 360 g/mol. The number of aromatic nitrogens is 2. The minimum Gasteiger partial charge on any atom is -0.493 e. The Balaban J connectivity index is 1.61. The summed E-state index contributed by atoms with van der Waals surface area (Å²) in [5.74, 6) is 1.70. The van der Waals surface area contributed by atoms with Crippen LogP contribution in [0, 0.1) is 6.92 Å². The van der Waals surface area contributed by atoms with Crippen molar-refractivity contribution in [1.29, 1.82) is 0 Å². The molecule has 2 amide bonds. The number of rotatable bonds is 7. The van der Waals surface area contributed by atoms with Crippen molar-refractivity contribution in [3.05, 3.63) is 47.7 Å². The summed E-state index contributed by atoms with van der Waals surface area (Å²) in [5.41, 5.74) is 1.70. The van der Waals surface area contributed by atoms with Gasteiger partial charge in [-0.05, 0) is 36.3 Å². The Bertz CT molecular complexity index is 904. The lowest BCUT2D eigenvalue weighted by molar-refractivity contribution is -0.132. The van der Waals surface area contributed by atoms with Crippen LogP contribution in [0.1, 0.15) is 17.0 Å². The summed E-state index contributed by atoms with van der Waals surface area (Å²) in [7, 11) is 3.12. The number of nitrogens with one attached hydrogen (secondary N) is 1. The molecule has 1 aromatic heterocycles. The molecule has 1 aliphatic rings. The van der Waals surface area contributed by atoms with Crippen molar-refractivity contribution in [2.24, 2.45) is 0 Å². The molecule has 2 aromatic rings. The highest BCUT2D eigenvalue weighted by Crippen LogP contribution is 2.32. The average molecular weight is 384 g/mol. The van der Waals surface area contributed by atoms with E-state index >= 15 is 0 Å². The van der Waals surface area contributed by atoms with E-state index in [1.807, 2.05) is 29.8 Å². The second-order valence-corrected chi connectivity index (χ2v) is 6.44. The van der Waals surface area contributed by atoms with Crippen LogP contribution < -0.4 is 14.8 Å². The van der Waals surface area contributed by atoms with Crippen molar-refractivity contribution in [3.8, 4) is 11.5 Å². The predicted molar refractivity (Wildman–Crippen MR) is 104 cm³/mol. The van der Waals surface area contributed by atoms with Gasteiger partial charge < -0.3 is 24.3 Å². The van der Waals surface area contributed by atoms with E-state index in [1.165, 1.54) is 4.90 Å². The van der Waals surface area contributed by atoms with Gasteiger partial charge in [0.1, 0.15) is 12.4 Å². The number of amides is 2. The lowest BCUT2D eigenvalue weighted by Crippen LogP contribution is -2.39. The van der Waals surface area contributed by atoms with Crippen LogP contribution in [0.4, 0.5) is 0 Å². The second-order valence-electron chi connectivity index (χ2n) is 6.44. The lowest BCUT2D eigenvalue weighted by Gasteiger charge is -2.17. The number of methoxy groups -OCH3 is 2. The first-order valence-electron chi connectivity index (χ1n) is 8.99. The highest BCUT2D eigenvalue weighted by molar-refractivity contribution is 5.89. The van der Waals surface area contributed by atoms with E-state index in [1.54, 1.807) is 32.7 Å². The zero-order valence-corrected chi connectivity index (χ0v) is 16.3. The van der Waals surface area contributed by atoms with Gasteiger partial charge in [0.2, 0.25) is 11.8 Å². The molecule has 3 rings (SSSR count). The minimum absolute atomic E-state index is 0.0273. The fraction of sp³-hybridized carbons (Fsp3) is 0.350. The van der Waals surface area contributed by atoms with E-state index in [0.717, 1.165) is 17.0 Å². The van der Waals surface area contributed by atoms with E-state index in [9.17, 15) is 9.59 Å². The maximum Gasteiger partial charge on any atom is 0.240 e. The first kappa shape index (κ1) is 19.5. The Labute approximate surface area is 163 Å². The molecule has 0 saturated heterocycles. The van der Waals surface area contributed by atoms with Crippen LogP contribution in [-0.4, -0.2) is 53.6 Å². The van der Waals surface area contributed by atoms with Gasteiger partial charge in [-0.3, -0.25) is 9.59 Å². The van der Waals surface area contributed by atoms with Gasteiger partial charge in [0.25, 0.3) is 0 Å². The SMILES string of the molecule is COc1cc2c(cc1OC)CC(=O)N(CC(=O)NCCn1ccnc1C)C=C2. The van der Waals surface area contributed by atoms with Crippen LogP contribution in [0.5, 0.6) is 11.5 Å². The Morgan fingerprint density at radius 3 is 2.68 bits per heavy atom. The molecular formula is C20H24N4O4. The van der Waals surface area contributed by atoms with Crippen LogP contribution in [-0.2, 0) is 22.6 Å². The number of carbonyl (C=O) groups is 2. The van der Waals surface area contributed by atoms with Crippen molar-refractivity contribution in [2.45, 2.75) is 19.9 Å². The van der Waals surface area contributed by atoms with Crippen LogP contribution in [0.3, 0.4) is 0 Å². The van der Waals surface area contributed by atoms with Crippen molar-refractivity contribution in [2.75, 3.05) is 27.3 Å². The number of hydrogen-bond acceptors (Lipinski definition) is 5. The van der Waals surface area contributed by atoms with Crippen molar-refractivity contribution in [3.63, 3.8) is 0 Å². The molecule has 0 spiro atoms. The highest BCUT2D eigenvalue weighted by atomic mass is 16.5. The van der Waals surface area contributed by atoms with E-state index in [2.05, 4.69) is 10.3 Å². The summed E-state index contributed by atoms with van der Waals surface area (Å²) in [4.78, 5) is 30.4. The molecule has 0 radical (unpaired) electrons. The number of fused-ring (bicyclic) bond motifs is 1. The topological polar surface area (TPSA) is 85.7 Å². The molecule has 0 fully saturated rings. The normalized spacial score (nSPS) is 13.1. The summed E-state index contributed by atoms with van der Waals surface area (Å²) in [5, 5.41) is 2.84. The van der Waals surface area contributed by atoms with Gasteiger partial charge in [0.15, 0.2) is 11.5 Å². The van der Waals surface area contributed by atoms with E-state index in [0.29, 0.717) is 24.6 Å². The number of hydrogen-bond donors (Lipinski definition) is 1. The molecule has 1 N–H and O–H groups in total. The number of nitrogens with zero attached hydrogens (tertiary/aromatic N) is 3. The Kier molecular flexibility index (Phi) is 5.98. The second kappa shape index (κ2) is 8.60. The van der Waals surface area contributed by atoms with Crippen LogP contribution in [0.25, 0.3) is 6.08 Å². The third-order valence-electron chi connectivity index (χ3n) is 4.65. The Morgan fingerprint density at radius 2 is 2.00 bits per heavy atom. The first-order valence-corrected chi connectivity index (χ1v) is 8.99. The van der Waals surface area contributed by atoms with E-state index < -0.39 is 0 Å². The molecule has 0 saturated carbocycles. The maximum absolute atomic E-state index is 12.6. The van der Waals surface area contributed by atoms with Gasteiger partial charge in [-0.25, -0.2) is 4.98 Å². The fourth-order valence-electron chi connectivity index (χ4n) is 3.07. The van der Waals surface area contributed by atoms with E-state index in [4.69, 9.17) is 9.47 Å². The van der Waals surface area contributed by atoms with Crippen molar-refractivity contribution < 1.29 is 19.1 Å². The van der Waals surface area contributed by atoms with Gasteiger partial charge in [-0.1, -0.05) is 0 Å². The fourth-order valence-corrected chi connectivity index (χ4v) is 3.07. The molecule has 0 bridgehead atoms. The predicted octanol–water partition coefficient (Wildman–Crippen LogP) is 1.38. The van der Waals surface area contributed by atoms with Crippen molar-refractivity contribution >= 4 is 17.9 Å². The Morgan fingerprint density at radius 1 is 1.25 bits per heavy atom. The zero-order chi connectivity index (χ0) is 20.1. The number of imidazole rings is 1. The zero-order valence-electron chi connectivity index (χ0n) is 16.3. The standard InChI is InChI=1S/C20H24N4O4/c1-14-21-5-8-23(14)9-6-22-19(25)13-24-7-4-15-10-17(27-2)18(28-3)11-16(15)12-20(24)26/h4-5,7-8,10-11H,6,9,12-13H2,1-3H3,(H,22,25). The Hall–Kier alpha value is -3.29. The third-order valence-corrected chi connectivity index (χ3v) is 4.65. The molecule has 8 heteroatoms. The molecule has 2 heterocycles. The summed E-state index contributed by atoms with van der Waals surface area (Å²) < 4.78 is 12.6. The summed E-state index contributed by atoms with van der Waals surface area (Å²) in [6.45, 7) is 2.98. The minimum atomic E-state index is -0.211. The lowest BCUT2D eigenvalue weighted by atomic mass is 10.0. The van der Waals surface area contributed by atoms with E-state index in [-0.39, 0.29) is 24.8 Å². The summed E-state index contributed by atoms with van der Waals surface area (Å²) in [6.07, 6.45) is 7.22. The van der Waals surface area contributed by atoms with Gasteiger partial charge in [-0.2, -0.15) is 0 Å². The number of carbonyl (C=O) groups excluding carboxylic acids is 2. The molecule has 1 aromatic carbocycles. The monoisotopic (exact) mass is 384 g/mol. The number of ether oxygens (including phenoxy) is 2. The van der Waals surface area contributed by atoms with Gasteiger partial charge in [-0.15, -0.1) is 0 Å². The van der Waals surface area contributed by atoms with Gasteiger partial charge >= 0.3 is 0 Å². The summed E-state index contributed by atoms with van der Waals surface area (Å²) in [6, 6.07) is 3.63. The number of aryl methyl sites for hydroxylation is 1. The maximum atomic E-state index is 12.6. The number of benzene rings is 1. The average Bonchev–Trinajstić information content (AvgIpc) is 3.03. The molecule has 0 aliphatic carbocycles. The van der Waals surface area contributed by atoms with Gasteiger partial charge in [0, 0.05) is 31.7 Å². The third kappa shape index (κ3) is 4.33. The molecule has 0 unspecified atom stereocenters. The van der Waals surface area contributed by atoms with Crippen molar-refractivity contribution in [1.82, 2.24) is 19.8 Å².